The molecule has 0 N–H and O–H groups in total. The molecule has 0 aliphatic carbocycles. The van der Waals surface area contributed by atoms with Crippen molar-refractivity contribution in [3.8, 4) is 11.5 Å². The molecule has 0 amide bonds. The first-order valence-corrected chi connectivity index (χ1v) is 6.50. The van der Waals surface area contributed by atoms with Gasteiger partial charge in [-0.3, -0.25) is 9.59 Å². The van der Waals surface area contributed by atoms with E-state index in [2.05, 4.69) is 31.9 Å². The van der Waals surface area contributed by atoms with Crippen molar-refractivity contribution in [3.05, 3.63) is 27.2 Å². The summed E-state index contributed by atoms with van der Waals surface area (Å²) in [5, 5.41) is 0. The van der Waals surface area contributed by atoms with Gasteiger partial charge < -0.3 is 9.47 Å². The number of halogens is 2. The SMILES string of the molecule is CC(=O)Oc1ccc(C=C(Br)Br)c(OC(C)=O)c1. The Hall–Kier alpha value is -1.14. The van der Waals surface area contributed by atoms with Gasteiger partial charge in [-0.15, -0.1) is 0 Å². The van der Waals surface area contributed by atoms with Gasteiger partial charge in [0.15, 0.2) is 0 Å². The molecule has 0 atom stereocenters. The maximum absolute atomic E-state index is 11.0. The molecule has 4 nitrogen and oxygen atoms in total. The highest BCUT2D eigenvalue weighted by atomic mass is 79.9. The van der Waals surface area contributed by atoms with Gasteiger partial charge in [-0.1, -0.05) is 0 Å². The van der Waals surface area contributed by atoms with Crippen LogP contribution in [0.1, 0.15) is 19.4 Å². The molecule has 1 rings (SSSR count). The van der Waals surface area contributed by atoms with Crippen LogP contribution in [0.3, 0.4) is 0 Å². The summed E-state index contributed by atoms with van der Waals surface area (Å²) in [5.41, 5.74) is 0.671. The van der Waals surface area contributed by atoms with Gasteiger partial charge in [-0.2, -0.15) is 0 Å². The maximum atomic E-state index is 11.0. The van der Waals surface area contributed by atoms with E-state index in [1.54, 1.807) is 18.2 Å². The number of benzene rings is 1. The summed E-state index contributed by atoms with van der Waals surface area (Å²) in [7, 11) is 0. The van der Waals surface area contributed by atoms with Crippen molar-refractivity contribution < 1.29 is 19.1 Å². The first-order chi connectivity index (χ1) is 8.38. The minimum atomic E-state index is -0.449. The Morgan fingerprint density at radius 2 is 1.72 bits per heavy atom. The molecule has 96 valence electrons. The molecule has 1 aromatic carbocycles. The fourth-order valence-corrected chi connectivity index (χ4v) is 1.72. The number of rotatable bonds is 3. The lowest BCUT2D eigenvalue weighted by atomic mass is 10.2. The molecule has 0 unspecified atom stereocenters. The lowest BCUT2D eigenvalue weighted by Crippen LogP contribution is -2.05. The highest BCUT2D eigenvalue weighted by molar-refractivity contribution is 9.28. The van der Waals surface area contributed by atoms with E-state index in [1.165, 1.54) is 19.9 Å². The van der Waals surface area contributed by atoms with Crippen molar-refractivity contribution in [1.82, 2.24) is 0 Å². The van der Waals surface area contributed by atoms with E-state index < -0.39 is 11.9 Å². The number of ether oxygens (including phenoxy) is 2. The fourth-order valence-electron chi connectivity index (χ4n) is 1.22. The van der Waals surface area contributed by atoms with E-state index in [0.717, 1.165) is 0 Å². The van der Waals surface area contributed by atoms with Crippen LogP contribution in [0.4, 0.5) is 0 Å². The quantitative estimate of drug-likeness (QED) is 0.596. The summed E-state index contributed by atoms with van der Waals surface area (Å²) in [6.45, 7) is 2.60. The molecule has 0 saturated carbocycles. The Bertz CT molecular complexity index is 505. The second-order valence-electron chi connectivity index (χ2n) is 3.32. The molecule has 0 fully saturated rings. The molecular weight excluding hydrogens is 368 g/mol. The molecule has 6 heteroatoms. The molecule has 18 heavy (non-hydrogen) atoms. The van der Waals surface area contributed by atoms with Crippen LogP contribution in [0, 0.1) is 0 Å². The molecule has 0 radical (unpaired) electrons. The van der Waals surface area contributed by atoms with Crippen molar-refractivity contribution in [2.45, 2.75) is 13.8 Å². The first kappa shape index (κ1) is 14.9. The van der Waals surface area contributed by atoms with Gasteiger partial charge in [-0.05, 0) is 50.1 Å². The lowest BCUT2D eigenvalue weighted by molar-refractivity contribution is -0.132. The van der Waals surface area contributed by atoms with E-state index in [0.29, 0.717) is 20.5 Å². The van der Waals surface area contributed by atoms with Gasteiger partial charge in [0.1, 0.15) is 11.5 Å². The largest absolute Gasteiger partial charge is 0.427 e. The van der Waals surface area contributed by atoms with E-state index >= 15 is 0 Å². The van der Waals surface area contributed by atoms with Gasteiger partial charge in [-0.25, -0.2) is 0 Å². The number of hydrogen-bond acceptors (Lipinski definition) is 4. The third kappa shape index (κ3) is 5.01. The van der Waals surface area contributed by atoms with E-state index in [-0.39, 0.29) is 0 Å². The normalized spacial score (nSPS) is 9.56. The summed E-state index contributed by atoms with van der Waals surface area (Å²) in [6.07, 6.45) is 1.72. The van der Waals surface area contributed by atoms with Crippen LogP contribution in [0.15, 0.2) is 21.6 Å². The van der Waals surface area contributed by atoms with Gasteiger partial charge in [0, 0.05) is 25.5 Å². The average Bonchev–Trinajstić information content (AvgIpc) is 2.19. The zero-order valence-corrected chi connectivity index (χ0v) is 12.9. The zero-order valence-electron chi connectivity index (χ0n) is 9.70. The monoisotopic (exact) mass is 376 g/mol. The highest BCUT2D eigenvalue weighted by Gasteiger charge is 2.08. The molecule has 0 bridgehead atoms. The van der Waals surface area contributed by atoms with Gasteiger partial charge >= 0.3 is 11.9 Å². The summed E-state index contributed by atoms with van der Waals surface area (Å²) < 4.78 is 10.7. The minimum absolute atomic E-state index is 0.317. The summed E-state index contributed by atoms with van der Waals surface area (Å²) in [5.74, 6) is -0.247. The number of hydrogen-bond donors (Lipinski definition) is 0. The summed E-state index contributed by atoms with van der Waals surface area (Å²) in [4.78, 5) is 21.9. The second-order valence-corrected chi connectivity index (χ2v) is 6.09. The Labute approximate surface area is 121 Å². The average molecular weight is 378 g/mol. The van der Waals surface area contributed by atoms with Crippen molar-refractivity contribution in [3.63, 3.8) is 0 Å². The van der Waals surface area contributed by atoms with E-state index in [9.17, 15) is 9.59 Å². The van der Waals surface area contributed by atoms with Gasteiger partial charge in [0.2, 0.25) is 0 Å². The number of esters is 2. The van der Waals surface area contributed by atoms with Crippen molar-refractivity contribution in [1.29, 1.82) is 0 Å². The fraction of sp³-hybridized carbons (Fsp3) is 0.167. The first-order valence-electron chi connectivity index (χ1n) is 4.92. The smallest absolute Gasteiger partial charge is 0.308 e. The topological polar surface area (TPSA) is 52.6 Å². The molecule has 0 heterocycles. The number of carbonyl (C=O) groups is 2. The van der Waals surface area contributed by atoms with Crippen LogP contribution in [0.25, 0.3) is 6.08 Å². The third-order valence-electron chi connectivity index (χ3n) is 1.76. The Kier molecular flexibility index (Phi) is 5.55. The predicted molar refractivity (Wildman–Crippen MR) is 74.9 cm³/mol. The van der Waals surface area contributed by atoms with Crippen LogP contribution in [0.2, 0.25) is 0 Å². The van der Waals surface area contributed by atoms with Crippen LogP contribution in [-0.2, 0) is 9.59 Å². The lowest BCUT2D eigenvalue weighted by Gasteiger charge is -2.08. The standard InChI is InChI=1S/C12H10Br2O4/c1-7(15)17-10-4-3-9(5-12(13)14)11(6-10)18-8(2)16/h3-6H,1-2H3. The van der Waals surface area contributed by atoms with Crippen LogP contribution in [-0.4, -0.2) is 11.9 Å². The Morgan fingerprint density at radius 3 is 2.22 bits per heavy atom. The molecule has 1 aromatic rings. The third-order valence-corrected chi connectivity index (χ3v) is 2.22. The molecule has 0 spiro atoms. The van der Waals surface area contributed by atoms with Gasteiger partial charge in [0.25, 0.3) is 0 Å². The molecule has 0 aliphatic heterocycles. The highest BCUT2D eigenvalue weighted by Crippen LogP contribution is 2.29. The van der Waals surface area contributed by atoms with Crippen molar-refractivity contribution in [2.75, 3.05) is 0 Å². The zero-order chi connectivity index (χ0) is 13.7. The predicted octanol–water partition coefficient (Wildman–Crippen LogP) is 3.63. The van der Waals surface area contributed by atoms with Crippen LogP contribution >= 0.6 is 31.9 Å². The number of carbonyl (C=O) groups excluding carboxylic acids is 2. The molecule has 0 aliphatic rings. The van der Waals surface area contributed by atoms with E-state index in [4.69, 9.17) is 9.47 Å². The Morgan fingerprint density at radius 1 is 1.11 bits per heavy atom. The minimum Gasteiger partial charge on any atom is -0.427 e. The Balaban J connectivity index is 3.15. The molecule has 0 saturated heterocycles. The van der Waals surface area contributed by atoms with Crippen molar-refractivity contribution >= 4 is 49.9 Å². The second kappa shape index (κ2) is 6.70. The maximum Gasteiger partial charge on any atom is 0.308 e. The van der Waals surface area contributed by atoms with E-state index in [1.807, 2.05) is 0 Å². The van der Waals surface area contributed by atoms with Crippen LogP contribution < -0.4 is 9.47 Å². The van der Waals surface area contributed by atoms with Crippen LogP contribution in [0.5, 0.6) is 11.5 Å². The summed E-state index contributed by atoms with van der Waals surface area (Å²) >= 11 is 6.44. The summed E-state index contributed by atoms with van der Waals surface area (Å²) in [6, 6.07) is 4.78. The van der Waals surface area contributed by atoms with Crippen molar-refractivity contribution in [2.24, 2.45) is 0 Å². The van der Waals surface area contributed by atoms with Gasteiger partial charge in [0.05, 0.1) is 3.39 Å². The molecule has 0 aromatic heterocycles. The molecular formula is C12H10Br2O4.